The van der Waals surface area contributed by atoms with Gasteiger partial charge < -0.3 is 20.9 Å². The predicted molar refractivity (Wildman–Crippen MR) is 125 cm³/mol. The number of likely N-dealkylation sites (tertiary alicyclic amines) is 1. The molecule has 3 N–H and O–H groups in total. The Kier molecular flexibility index (Phi) is 10.3. The predicted octanol–water partition coefficient (Wildman–Crippen LogP) is 1.09. The fourth-order valence-electron chi connectivity index (χ4n) is 3.82. The van der Waals surface area contributed by atoms with Crippen molar-refractivity contribution in [2.45, 2.75) is 38.6 Å². The first-order valence-corrected chi connectivity index (χ1v) is 11.2. The van der Waals surface area contributed by atoms with E-state index in [0.29, 0.717) is 12.1 Å². The van der Waals surface area contributed by atoms with Gasteiger partial charge in [-0.15, -0.1) is 0 Å². The van der Waals surface area contributed by atoms with Crippen molar-refractivity contribution < 1.29 is 9.59 Å². The first-order valence-electron chi connectivity index (χ1n) is 11.2. The molecule has 1 aliphatic rings. The SMILES string of the molecule is CCNC(=NCCCN1CCCC1C(=O)N(C)C)NCCc1cccc(C(=O)NC)c1. The van der Waals surface area contributed by atoms with Gasteiger partial charge in [-0.25, -0.2) is 0 Å². The number of carbonyl (C=O) groups excluding carboxylic acids is 2. The third-order valence-corrected chi connectivity index (χ3v) is 5.43. The number of nitrogens with one attached hydrogen (secondary N) is 3. The van der Waals surface area contributed by atoms with Crippen LogP contribution in [-0.4, -0.2) is 87.5 Å². The van der Waals surface area contributed by atoms with E-state index < -0.39 is 0 Å². The molecule has 0 bridgehead atoms. The fraction of sp³-hybridized carbons (Fsp3) is 0.609. The van der Waals surface area contributed by atoms with Crippen LogP contribution in [0.15, 0.2) is 29.3 Å². The van der Waals surface area contributed by atoms with E-state index in [4.69, 9.17) is 0 Å². The molecule has 2 amide bonds. The molecule has 172 valence electrons. The van der Waals surface area contributed by atoms with Crippen LogP contribution in [0.25, 0.3) is 0 Å². The van der Waals surface area contributed by atoms with Crippen LogP contribution < -0.4 is 16.0 Å². The molecule has 1 fully saturated rings. The number of carbonyl (C=O) groups is 2. The first kappa shape index (κ1) is 24.7. The molecule has 2 rings (SSSR count). The highest BCUT2D eigenvalue weighted by atomic mass is 16.2. The van der Waals surface area contributed by atoms with Gasteiger partial charge in [0.05, 0.1) is 6.04 Å². The number of amides is 2. The number of aliphatic imine (C=N–C) groups is 1. The summed E-state index contributed by atoms with van der Waals surface area (Å²) >= 11 is 0. The Morgan fingerprint density at radius 3 is 2.77 bits per heavy atom. The van der Waals surface area contributed by atoms with Crippen molar-refractivity contribution in [1.29, 1.82) is 0 Å². The second-order valence-electron chi connectivity index (χ2n) is 8.00. The van der Waals surface area contributed by atoms with Gasteiger partial charge in [-0.3, -0.25) is 19.5 Å². The summed E-state index contributed by atoms with van der Waals surface area (Å²) in [6.45, 7) is 6.16. The van der Waals surface area contributed by atoms with E-state index >= 15 is 0 Å². The highest BCUT2D eigenvalue weighted by Gasteiger charge is 2.30. The van der Waals surface area contributed by atoms with Gasteiger partial charge in [-0.1, -0.05) is 12.1 Å². The molecule has 0 saturated carbocycles. The lowest BCUT2D eigenvalue weighted by Gasteiger charge is -2.25. The summed E-state index contributed by atoms with van der Waals surface area (Å²) in [5, 5.41) is 9.30. The number of hydrogen-bond donors (Lipinski definition) is 3. The fourth-order valence-corrected chi connectivity index (χ4v) is 3.82. The number of benzene rings is 1. The monoisotopic (exact) mass is 430 g/mol. The van der Waals surface area contributed by atoms with Crippen LogP contribution in [0.2, 0.25) is 0 Å². The van der Waals surface area contributed by atoms with Crippen LogP contribution in [0.1, 0.15) is 42.1 Å². The molecule has 1 saturated heterocycles. The number of nitrogens with zero attached hydrogens (tertiary/aromatic N) is 3. The number of likely N-dealkylation sites (N-methyl/N-ethyl adjacent to an activating group) is 1. The van der Waals surface area contributed by atoms with Crippen molar-refractivity contribution in [3.8, 4) is 0 Å². The van der Waals surface area contributed by atoms with Crippen LogP contribution >= 0.6 is 0 Å². The lowest BCUT2D eigenvalue weighted by Crippen LogP contribution is -2.43. The van der Waals surface area contributed by atoms with Gasteiger partial charge in [0.25, 0.3) is 5.91 Å². The first-order chi connectivity index (χ1) is 15.0. The molecular weight excluding hydrogens is 392 g/mol. The minimum absolute atomic E-state index is 0.0240. The molecule has 1 unspecified atom stereocenters. The molecule has 1 aliphatic heterocycles. The van der Waals surface area contributed by atoms with Gasteiger partial charge in [0.2, 0.25) is 5.91 Å². The third kappa shape index (κ3) is 7.86. The highest BCUT2D eigenvalue weighted by molar-refractivity contribution is 5.94. The van der Waals surface area contributed by atoms with Gasteiger partial charge in [0.1, 0.15) is 0 Å². The molecule has 1 aromatic carbocycles. The van der Waals surface area contributed by atoms with E-state index in [1.165, 1.54) is 0 Å². The Labute approximate surface area is 186 Å². The maximum atomic E-state index is 12.3. The second-order valence-corrected chi connectivity index (χ2v) is 8.00. The molecule has 1 aromatic rings. The smallest absolute Gasteiger partial charge is 0.251 e. The molecule has 0 radical (unpaired) electrons. The lowest BCUT2D eigenvalue weighted by atomic mass is 10.1. The third-order valence-electron chi connectivity index (χ3n) is 5.43. The largest absolute Gasteiger partial charge is 0.357 e. The summed E-state index contributed by atoms with van der Waals surface area (Å²) in [5.74, 6) is 0.932. The van der Waals surface area contributed by atoms with E-state index in [-0.39, 0.29) is 17.9 Å². The van der Waals surface area contributed by atoms with Gasteiger partial charge in [-0.05, 0) is 56.8 Å². The van der Waals surface area contributed by atoms with Gasteiger partial charge in [-0.2, -0.15) is 0 Å². The van der Waals surface area contributed by atoms with Crippen LogP contribution in [0.3, 0.4) is 0 Å². The summed E-state index contributed by atoms with van der Waals surface area (Å²) < 4.78 is 0. The van der Waals surface area contributed by atoms with Crippen molar-refractivity contribution in [2.75, 3.05) is 53.9 Å². The summed E-state index contributed by atoms with van der Waals surface area (Å²) in [5.41, 5.74) is 1.78. The number of guanidine groups is 1. The zero-order valence-corrected chi connectivity index (χ0v) is 19.4. The topological polar surface area (TPSA) is 89.1 Å². The molecule has 0 aromatic heterocycles. The number of rotatable bonds is 10. The van der Waals surface area contributed by atoms with E-state index in [2.05, 4.69) is 25.8 Å². The minimum atomic E-state index is -0.0720. The summed E-state index contributed by atoms with van der Waals surface area (Å²) in [4.78, 5) is 32.8. The number of hydrogen-bond acceptors (Lipinski definition) is 4. The molecule has 0 aliphatic carbocycles. The van der Waals surface area contributed by atoms with Gasteiger partial charge >= 0.3 is 0 Å². The van der Waals surface area contributed by atoms with Crippen molar-refractivity contribution in [3.05, 3.63) is 35.4 Å². The second kappa shape index (κ2) is 12.9. The summed E-state index contributed by atoms with van der Waals surface area (Å²) in [7, 11) is 5.29. The van der Waals surface area contributed by atoms with E-state index in [0.717, 1.165) is 63.4 Å². The normalized spacial score (nSPS) is 16.8. The molecular formula is C23H38N6O2. The molecule has 1 atom stereocenters. The van der Waals surface area contributed by atoms with E-state index in [1.54, 1.807) is 11.9 Å². The summed E-state index contributed by atoms with van der Waals surface area (Å²) in [6.07, 6.45) is 3.75. The van der Waals surface area contributed by atoms with Crippen molar-refractivity contribution in [2.24, 2.45) is 4.99 Å². The van der Waals surface area contributed by atoms with Crippen LogP contribution in [0.5, 0.6) is 0 Å². The van der Waals surface area contributed by atoms with Crippen molar-refractivity contribution in [1.82, 2.24) is 25.8 Å². The average molecular weight is 431 g/mol. The Hall–Kier alpha value is -2.61. The summed E-state index contributed by atoms with van der Waals surface area (Å²) in [6, 6.07) is 7.70. The lowest BCUT2D eigenvalue weighted by molar-refractivity contribution is -0.133. The van der Waals surface area contributed by atoms with E-state index in [1.807, 2.05) is 45.3 Å². The molecule has 0 spiro atoms. The zero-order valence-electron chi connectivity index (χ0n) is 19.4. The minimum Gasteiger partial charge on any atom is -0.357 e. The average Bonchev–Trinajstić information content (AvgIpc) is 3.24. The Bertz CT molecular complexity index is 749. The van der Waals surface area contributed by atoms with Crippen LogP contribution in [0, 0.1) is 0 Å². The molecule has 8 heteroatoms. The maximum Gasteiger partial charge on any atom is 0.251 e. The molecule has 1 heterocycles. The van der Waals surface area contributed by atoms with Crippen LogP contribution in [0.4, 0.5) is 0 Å². The van der Waals surface area contributed by atoms with E-state index in [9.17, 15) is 9.59 Å². The van der Waals surface area contributed by atoms with Crippen molar-refractivity contribution in [3.63, 3.8) is 0 Å². The Morgan fingerprint density at radius 1 is 1.26 bits per heavy atom. The zero-order chi connectivity index (χ0) is 22.6. The van der Waals surface area contributed by atoms with Crippen LogP contribution in [-0.2, 0) is 11.2 Å². The Morgan fingerprint density at radius 2 is 2.06 bits per heavy atom. The quantitative estimate of drug-likeness (QED) is 0.294. The van der Waals surface area contributed by atoms with Gasteiger partial charge in [0, 0.05) is 52.9 Å². The maximum absolute atomic E-state index is 12.3. The van der Waals surface area contributed by atoms with Crippen molar-refractivity contribution >= 4 is 17.8 Å². The van der Waals surface area contributed by atoms with Gasteiger partial charge in [0.15, 0.2) is 5.96 Å². The molecule has 31 heavy (non-hydrogen) atoms. The molecule has 8 nitrogen and oxygen atoms in total. The Balaban J connectivity index is 1.79. The standard InChI is InChI=1S/C23H38N6O2/c1-5-25-23(27-14-12-18-9-6-10-19(17-18)21(30)24-2)26-13-8-16-29-15-7-11-20(29)22(31)28(3)4/h6,9-10,17,20H,5,7-8,11-16H2,1-4H3,(H,24,30)(H2,25,26,27). The highest BCUT2D eigenvalue weighted by Crippen LogP contribution is 2.18.